The van der Waals surface area contributed by atoms with Crippen LogP contribution in [-0.2, 0) is 14.3 Å². The van der Waals surface area contributed by atoms with E-state index in [1.807, 2.05) is 37.3 Å². The largest absolute Gasteiger partial charge is 0.507 e. The number of halogens is 1. The number of amides is 1. The molecule has 0 spiro atoms. The molecule has 2 aromatic carbocycles. The lowest BCUT2D eigenvalue weighted by Crippen LogP contribution is -2.32. The number of hydrogen-bond donors (Lipinski definition) is 1. The van der Waals surface area contributed by atoms with Crippen LogP contribution in [0, 0.1) is 12.8 Å². The first-order valence-electron chi connectivity index (χ1n) is 10.5. The Morgan fingerprint density at radius 1 is 1.16 bits per heavy atom. The SMILES string of the molecule is COCCN1C(=O)C(=O)/C(=C(/O)c2ccc(OCC(C)C)cc2C)[C@@H]1c1ccc(Br)cc1. The fourth-order valence-corrected chi connectivity index (χ4v) is 3.96. The third-order valence-electron chi connectivity index (χ3n) is 5.30. The van der Waals surface area contributed by atoms with Gasteiger partial charge < -0.3 is 19.5 Å². The summed E-state index contributed by atoms with van der Waals surface area (Å²) < 4.78 is 11.8. The van der Waals surface area contributed by atoms with Gasteiger partial charge in [0.2, 0.25) is 0 Å². The molecular weight excluding hydrogens is 474 g/mol. The molecule has 0 aliphatic carbocycles. The highest BCUT2D eigenvalue weighted by Crippen LogP contribution is 2.40. The minimum Gasteiger partial charge on any atom is -0.507 e. The van der Waals surface area contributed by atoms with E-state index in [9.17, 15) is 14.7 Å². The second kappa shape index (κ2) is 10.3. The van der Waals surface area contributed by atoms with E-state index in [2.05, 4.69) is 29.8 Å². The lowest BCUT2D eigenvalue weighted by molar-refractivity contribution is -0.140. The molecule has 1 aliphatic rings. The van der Waals surface area contributed by atoms with Crippen LogP contribution in [0.25, 0.3) is 5.76 Å². The van der Waals surface area contributed by atoms with Crippen LogP contribution in [-0.4, -0.2) is 48.6 Å². The number of nitrogens with zero attached hydrogens (tertiary/aromatic N) is 1. The standard InChI is InChI=1S/C25H28BrNO5/c1-15(2)14-32-19-9-10-20(16(3)13-19)23(28)21-22(17-5-7-18(26)8-6-17)27(11-12-31-4)25(30)24(21)29/h5-10,13,15,22,28H,11-12,14H2,1-4H3/b23-21+/t22-/m0/s1. The molecule has 1 saturated heterocycles. The molecule has 0 radical (unpaired) electrons. The lowest BCUT2D eigenvalue weighted by Gasteiger charge is -2.25. The summed E-state index contributed by atoms with van der Waals surface area (Å²) in [5.74, 6) is -0.462. The third-order valence-corrected chi connectivity index (χ3v) is 5.83. The van der Waals surface area contributed by atoms with Crippen LogP contribution in [0.5, 0.6) is 5.75 Å². The Hall–Kier alpha value is -2.64. The Bertz CT molecular complexity index is 1030. The Morgan fingerprint density at radius 2 is 1.84 bits per heavy atom. The third kappa shape index (κ3) is 5.05. The molecule has 2 aromatic rings. The van der Waals surface area contributed by atoms with Crippen molar-refractivity contribution in [3.8, 4) is 5.75 Å². The van der Waals surface area contributed by atoms with Crippen LogP contribution in [0.4, 0.5) is 0 Å². The summed E-state index contributed by atoms with van der Waals surface area (Å²) in [4.78, 5) is 27.3. The van der Waals surface area contributed by atoms with Crippen molar-refractivity contribution in [2.45, 2.75) is 26.8 Å². The summed E-state index contributed by atoms with van der Waals surface area (Å²) >= 11 is 3.41. The second-order valence-electron chi connectivity index (χ2n) is 8.22. The number of aliphatic hydroxyl groups excluding tert-OH is 1. The summed E-state index contributed by atoms with van der Waals surface area (Å²) in [7, 11) is 1.54. The van der Waals surface area contributed by atoms with Gasteiger partial charge in [0.25, 0.3) is 11.7 Å². The quantitative estimate of drug-likeness (QED) is 0.317. The van der Waals surface area contributed by atoms with Crippen molar-refractivity contribution in [3.05, 3.63) is 69.2 Å². The highest BCUT2D eigenvalue weighted by Gasteiger charge is 2.45. The fourth-order valence-electron chi connectivity index (χ4n) is 3.69. The molecule has 1 N–H and O–H groups in total. The van der Waals surface area contributed by atoms with Crippen molar-refractivity contribution in [1.82, 2.24) is 4.90 Å². The second-order valence-corrected chi connectivity index (χ2v) is 9.13. The van der Waals surface area contributed by atoms with Crippen LogP contribution in [0.1, 0.15) is 36.6 Å². The van der Waals surface area contributed by atoms with Crippen molar-refractivity contribution >= 4 is 33.4 Å². The van der Waals surface area contributed by atoms with Gasteiger partial charge in [0.1, 0.15) is 11.5 Å². The number of rotatable bonds is 8. The summed E-state index contributed by atoms with van der Waals surface area (Å²) in [6, 6.07) is 12.0. The zero-order valence-electron chi connectivity index (χ0n) is 18.7. The number of ether oxygens (including phenoxy) is 2. The topological polar surface area (TPSA) is 76.1 Å². The number of benzene rings is 2. The number of hydrogen-bond acceptors (Lipinski definition) is 5. The number of Topliss-reactive ketones (excluding diaryl/α,β-unsaturated/α-hetero) is 1. The monoisotopic (exact) mass is 501 g/mol. The van der Waals surface area contributed by atoms with Crippen LogP contribution < -0.4 is 4.74 Å². The van der Waals surface area contributed by atoms with Crippen molar-refractivity contribution in [1.29, 1.82) is 0 Å². The minimum atomic E-state index is -0.703. The fraction of sp³-hybridized carbons (Fsp3) is 0.360. The molecule has 1 aliphatic heterocycles. The first kappa shape index (κ1) is 24.0. The Morgan fingerprint density at radius 3 is 2.44 bits per heavy atom. The number of aliphatic hydroxyl groups is 1. The molecule has 32 heavy (non-hydrogen) atoms. The molecule has 1 atom stereocenters. The molecule has 0 saturated carbocycles. The van der Waals surface area contributed by atoms with E-state index in [0.717, 1.165) is 15.6 Å². The molecule has 6 nitrogen and oxygen atoms in total. The van der Waals surface area contributed by atoms with Crippen LogP contribution in [0.2, 0.25) is 0 Å². The molecular formula is C25H28BrNO5. The molecule has 170 valence electrons. The molecule has 3 rings (SSSR count). The van der Waals surface area contributed by atoms with Crippen molar-refractivity contribution in [2.24, 2.45) is 5.92 Å². The van der Waals surface area contributed by atoms with E-state index < -0.39 is 17.7 Å². The van der Waals surface area contributed by atoms with E-state index in [4.69, 9.17) is 9.47 Å². The van der Waals surface area contributed by atoms with E-state index in [0.29, 0.717) is 23.8 Å². The van der Waals surface area contributed by atoms with Crippen LogP contribution in [0.15, 0.2) is 52.5 Å². The average Bonchev–Trinajstić information content (AvgIpc) is 3.01. The maximum Gasteiger partial charge on any atom is 0.295 e. The Balaban J connectivity index is 2.07. The maximum absolute atomic E-state index is 13.0. The number of carbonyl (C=O) groups is 2. The van der Waals surface area contributed by atoms with Crippen molar-refractivity contribution in [2.75, 3.05) is 26.9 Å². The summed E-state index contributed by atoms with van der Waals surface area (Å²) in [6.45, 7) is 7.07. The Labute approximate surface area is 197 Å². The number of methoxy groups -OCH3 is 1. The minimum absolute atomic E-state index is 0.0763. The van der Waals surface area contributed by atoms with Gasteiger partial charge >= 0.3 is 0 Å². The maximum atomic E-state index is 13.0. The van der Waals surface area contributed by atoms with Gasteiger partial charge in [0, 0.05) is 23.7 Å². The first-order valence-corrected chi connectivity index (χ1v) is 11.3. The van der Waals surface area contributed by atoms with Crippen LogP contribution >= 0.6 is 15.9 Å². The zero-order valence-corrected chi connectivity index (χ0v) is 20.3. The number of ketones is 1. The Kier molecular flexibility index (Phi) is 7.74. The highest BCUT2D eigenvalue weighted by molar-refractivity contribution is 9.10. The van der Waals surface area contributed by atoms with Crippen molar-refractivity contribution < 1.29 is 24.2 Å². The van der Waals surface area contributed by atoms with Gasteiger partial charge in [-0.15, -0.1) is 0 Å². The van der Waals surface area contributed by atoms with E-state index in [1.54, 1.807) is 12.1 Å². The van der Waals surface area contributed by atoms with Gasteiger partial charge in [0.15, 0.2) is 0 Å². The normalized spacial score (nSPS) is 17.9. The average molecular weight is 502 g/mol. The summed E-state index contributed by atoms with van der Waals surface area (Å²) in [6.07, 6.45) is 0. The van der Waals surface area contributed by atoms with Gasteiger partial charge in [0.05, 0.1) is 24.8 Å². The molecule has 1 fully saturated rings. The van der Waals surface area contributed by atoms with Crippen molar-refractivity contribution in [3.63, 3.8) is 0 Å². The molecule has 0 aromatic heterocycles. The van der Waals surface area contributed by atoms with Crippen LogP contribution in [0.3, 0.4) is 0 Å². The van der Waals surface area contributed by atoms with E-state index in [1.165, 1.54) is 12.0 Å². The molecule has 7 heteroatoms. The predicted octanol–water partition coefficient (Wildman–Crippen LogP) is 4.86. The predicted molar refractivity (Wildman–Crippen MR) is 127 cm³/mol. The van der Waals surface area contributed by atoms with Gasteiger partial charge in [-0.3, -0.25) is 9.59 Å². The number of aryl methyl sites for hydroxylation is 1. The van der Waals surface area contributed by atoms with Gasteiger partial charge in [-0.05, 0) is 54.3 Å². The summed E-state index contributed by atoms with van der Waals surface area (Å²) in [5, 5.41) is 11.2. The zero-order chi connectivity index (χ0) is 23.4. The molecule has 0 unspecified atom stereocenters. The number of carbonyl (C=O) groups excluding carboxylic acids is 2. The van der Waals surface area contributed by atoms with Gasteiger partial charge in [-0.2, -0.15) is 0 Å². The van der Waals surface area contributed by atoms with E-state index in [-0.39, 0.29) is 24.5 Å². The first-order chi connectivity index (χ1) is 15.2. The van der Waals surface area contributed by atoms with E-state index >= 15 is 0 Å². The molecule has 1 heterocycles. The number of likely N-dealkylation sites (tertiary alicyclic amines) is 1. The lowest BCUT2D eigenvalue weighted by atomic mass is 9.94. The summed E-state index contributed by atoms with van der Waals surface area (Å²) in [5.41, 5.74) is 2.06. The van der Waals surface area contributed by atoms with Gasteiger partial charge in [-0.1, -0.05) is 41.9 Å². The highest BCUT2D eigenvalue weighted by atomic mass is 79.9. The smallest absolute Gasteiger partial charge is 0.295 e. The molecule has 0 bridgehead atoms. The molecule has 1 amide bonds. The van der Waals surface area contributed by atoms with Gasteiger partial charge in [-0.25, -0.2) is 0 Å².